The number of aromatic nitrogens is 8. The van der Waals surface area contributed by atoms with E-state index >= 15 is 0 Å². The maximum Gasteiger partial charge on any atom is 0.490 e. The summed E-state index contributed by atoms with van der Waals surface area (Å²) < 4.78 is 115. The zero-order valence-electron chi connectivity index (χ0n) is 42.9. The van der Waals surface area contributed by atoms with Crippen molar-refractivity contribution >= 4 is 29.8 Å². The number of aliphatic carboxylic acids is 2. The highest BCUT2D eigenvalue weighted by atomic mass is 19.4. The van der Waals surface area contributed by atoms with Gasteiger partial charge in [-0.25, -0.2) is 9.59 Å². The van der Waals surface area contributed by atoms with Gasteiger partial charge in [-0.3, -0.25) is 14.4 Å². The number of carboxylic acid groups (broad SMARTS) is 2. The molecule has 2 aromatic heterocycles. The summed E-state index contributed by atoms with van der Waals surface area (Å²) in [7, 11) is 0. The first-order valence-corrected chi connectivity index (χ1v) is 23.3. The Hall–Kier alpha value is -8.76. The number of unbranched alkanes of at least 4 members (excludes halogenated alkanes) is 1. The van der Waals surface area contributed by atoms with E-state index in [0.29, 0.717) is 47.5 Å². The van der Waals surface area contributed by atoms with Gasteiger partial charge in [-0.2, -0.15) is 39.5 Å². The van der Waals surface area contributed by atoms with Gasteiger partial charge in [0.2, 0.25) is 23.3 Å². The second-order valence-corrected chi connectivity index (χ2v) is 17.5. The van der Waals surface area contributed by atoms with Crippen LogP contribution in [-0.4, -0.2) is 119 Å². The van der Waals surface area contributed by atoms with Gasteiger partial charge in [0, 0.05) is 46.5 Å². The van der Waals surface area contributed by atoms with E-state index in [1.165, 1.54) is 37.3 Å². The fourth-order valence-electron chi connectivity index (χ4n) is 5.96. The first kappa shape index (κ1) is 64.5. The summed E-state index contributed by atoms with van der Waals surface area (Å²) in [6.45, 7) is 11.9. The maximum absolute atomic E-state index is 13.0. The van der Waals surface area contributed by atoms with Crippen LogP contribution in [0.15, 0.2) is 84.9 Å². The minimum absolute atomic E-state index is 0.000118. The molecule has 79 heavy (non-hydrogen) atoms. The Morgan fingerprint density at radius 2 is 0.886 bits per heavy atom. The van der Waals surface area contributed by atoms with Crippen LogP contribution >= 0.6 is 0 Å². The highest BCUT2D eigenvalue weighted by Gasteiger charge is 2.38. The van der Waals surface area contributed by atoms with E-state index in [2.05, 4.69) is 56.7 Å². The molecule has 0 aliphatic heterocycles. The van der Waals surface area contributed by atoms with E-state index in [4.69, 9.17) is 25.5 Å². The summed E-state index contributed by atoms with van der Waals surface area (Å²) >= 11 is 0. The number of halogens is 9. The molecule has 3 amide bonds. The molecule has 0 bridgehead atoms. The predicted octanol–water partition coefficient (Wildman–Crippen LogP) is 8.69. The van der Waals surface area contributed by atoms with E-state index in [1.54, 1.807) is 37.3 Å². The zero-order chi connectivity index (χ0) is 59.3. The largest absolute Gasteiger partial charge is 0.490 e. The summed E-state index contributed by atoms with van der Waals surface area (Å²) in [6, 6.07) is 19.6. The lowest BCUT2D eigenvalue weighted by molar-refractivity contribution is -0.192. The third kappa shape index (κ3) is 22.8. The van der Waals surface area contributed by atoms with E-state index in [-0.39, 0.29) is 52.0 Å². The number of carbonyl (C=O) groups excluding carboxylic acids is 3. The number of alkyl carbamates (subject to hydrolysis) is 1. The Labute approximate surface area is 444 Å². The molecule has 2 heterocycles. The molecule has 0 unspecified atom stereocenters. The molecule has 0 aliphatic carbocycles. The predicted molar refractivity (Wildman–Crippen MR) is 265 cm³/mol. The topological polar surface area (TPSA) is 300 Å². The van der Waals surface area contributed by atoms with Crippen LogP contribution in [0.25, 0.3) is 45.6 Å². The second kappa shape index (κ2) is 29.1. The van der Waals surface area contributed by atoms with Crippen molar-refractivity contribution in [3.63, 3.8) is 0 Å². The number of benzene rings is 4. The average molecular weight is 1120 g/mol. The summed E-state index contributed by atoms with van der Waals surface area (Å²) in [6.07, 6.45) is -11.7. The van der Waals surface area contributed by atoms with Crippen LogP contribution in [0.3, 0.4) is 0 Å². The molecule has 4 aromatic carbocycles. The van der Waals surface area contributed by atoms with Crippen LogP contribution in [0.2, 0.25) is 0 Å². The molecule has 0 saturated carbocycles. The molecule has 424 valence electrons. The van der Waals surface area contributed by atoms with Gasteiger partial charge in [0.05, 0.1) is 11.1 Å². The lowest BCUT2D eigenvalue weighted by Gasteiger charge is -2.19. The SMILES string of the molecule is CC(C)(C)OC(=O)NCCCN.CCCCNC(=O)c1ccc(-c2nnc(-c3cc(C)cc(C(F)(F)F)c3)nn2)cc1.Cc1cc(-c2nnc(-c3ccc(C(=O)NCC(=O)O)cc3)nn2)cc(C(F)(F)F)c1.O=C(O)C(F)(F)F. The van der Waals surface area contributed by atoms with Crippen LogP contribution in [0.1, 0.15) is 89.9 Å². The van der Waals surface area contributed by atoms with Crippen LogP contribution in [0.4, 0.5) is 44.3 Å². The summed E-state index contributed by atoms with van der Waals surface area (Å²) in [5.74, 6) is -4.38. The number of alkyl halides is 9. The van der Waals surface area contributed by atoms with Crippen molar-refractivity contribution in [2.75, 3.05) is 26.2 Å². The van der Waals surface area contributed by atoms with Crippen molar-refractivity contribution in [2.45, 2.75) is 84.9 Å². The molecular weight excluding hydrogens is 1070 g/mol. The lowest BCUT2D eigenvalue weighted by atomic mass is 10.1. The quantitative estimate of drug-likeness (QED) is 0.0439. The molecule has 7 N–H and O–H groups in total. The van der Waals surface area contributed by atoms with Gasteiger partial charge in [0.1, 0.15) is 12.1 Å². The number of rotatable bonds is 14. The second-order valence-electron chi connectivity index (χ2n) is 17.5. The number of carbonyl (C=O) groups is 5. The zero-order valence-corrected chi connectivity index (χ0v) is 42.9. The first-order chi connectivity index (χ1) is 36.8. The number of hydrogen-bond donors (Lipinski definition) is 6. The smallest absolute Gasteiger partial charge is 0.480 e. The Kier molecular flexibility index (Phi) is 23.8. The summed E-state index contributed by atoms with van der Waals surface area (Å²) in [5, 5.41) is 54.7. The van der Waals surface area contributed by atoms with Gasteiger partial charge in [-0.05, 0) is 126 Å². The van der Waals surface area contributed by atoms with Crippen molar-refractivity contribution in [1.82, 2.24) is 56.7 Å². The summed E-state index contributed by atoms with van der Waals surface area (Å²) in [4.78, 5) is 54.2. The number of aryl methyl sites for hydroxylation is 2. The van der Waals surface area contributed by atoms with Crippen molar-refractivity contribution in [3.8, 4) is 45.6 Å². The minimum Gasteiger partial charge on any atom is -0.480 e. The van der Waals surface area contributed by atoms with Crippen LogP contribution in [0, 0.1) is 13.8 Å². The van der Waals surface area contributed by atoms with Crippen LogP contribution in [-0.2, 0) is 26.7 Å². The molecule has 20 nitrogen and oxygen atoms in total. The van der Waals surface area contributed by atoms with Gasteiger partial charge in [-0.1, -0.05) is 37.6 Å². The molecule has 0 fully saturated rings. The minimum atomic E-state index is -5.08. The molecule has 0 saturated heterocycles. The highest BCUT2D eigenvalue weighted by molar-refractivity contribution is 5.96. The maximum atomic E-state index is 13.0. The Balaban J connectivity index is 0.000000315. The number of amides is 3. The number of nitrogens with zero attached hydrogens (tertiary/aromatic N) is 8. The molecule has 0 aliphatic rings. The molecule has 0 spiro atoms. The van der Waals surface area contributed by atoms with E-state index in [1.807, 2.05) is 27.7 Å². The molecule has 6 aromatic rings. The third-order valence-electron chi connectivity index (χ3n) is 9.60. The van der Waals surface area contributed by atoms with Gasteiger partial charge < -0.3 is 36.6 Å². The fourth-order valence-corrected chi connectivity index (χ4v) is 5.96. The van der Waals surface area contributed by atoms with Gasteiger partial charge in [0.25, 0.3) is 11.8 Å². The van der Waals surface area contributed by atoms with Gasteiger partial charge in [0.15, 0.2) is 0 Å². The average Bonchev–Trinajstić information content (AvgIpc) is 3.38. The van der Waals surface area contributed by atoms with E-state index in [9.17, 15) is 58.7 Å². The Morgan fingerprint density at radius 3 is 1.20 bits per heavy atom. The number of ether oxygens (including phenoxy) is 1. The Bertz CT molecular complexity index is 2980. The van der Waals surface area contributed by atoms with Crippen LogP contribution < -0.4 is 21.7 Å². The van der Waals surface area contributed by atoms with Crippen LogP contribution in [0.5, 0.6) is 0 Å². The molecular formula is C50H53F9N12O8. The standard InChI is InChI=1S/C21H20F3N5O.C19H14F3N5O3.C8H18N2O2.C2HF3O2/c1-3-4-9-25-20(30)15-7-5-14(6-8-15)18-26-28-19(29-27-18)16-10-13(2)11-17(12-16)21(22,23)24;1-10-6-13(8-14(7-10)19(20,21)22)17-26-24-16(25-27-17)11-2-4-12(5-3-11)18(30)23-9-15(28)29;1-8(2,3)12-7(11)10-6-4-5-9;3-2(4,5)1(6)7/h5-8,10-12H,3-4,9H2,1-2H3,(H,25,30);2-8H,9H2,1H3,(H,23,30)(H,28,29);4-6,9H2,1-3H3,(H,10,11);(H,6,7). The first-order valence-electron chi connectivity index (χ1n) is 23.3. The highest BCUT2D eigenvalue weighted by Crippen LogP contribution is 2.34. The summed E-state index contributed by atoms with van der Waals surface area (Å²) in [5.41, 5.74) is 6.18. The van der Waals surface area contributed by atoms with Gasteiger partial charge in [-0.15, -0.1) is 40.8 Å². The number of nitrogens with one attached hydrogen (secondary N) is 3. The molecule has 0 radical (unpaired) electrons. The van der Waals surface area contributed by atoms with Crippen molar-refractivity contribution in [3.05, 3.63) is 118 Å². The fraction of sp³-hybridized carbons (Fsp3) is 0.340. The number of nitrogens with two attached hydrogens (primary N) is 1. The third-order valence-corrected chi connectivity index (χ3v) is 9.60. The van der Waals surface area contributed by atoms with Crippen molar-refractivity contribution < 1.29 is 78.4 Å². The molecule has 0 atom stereocenters. The number of hydrogen-bond acceptors (Lipinski definition) is 15. The van der Waals surface area contributed by atoms with Crippen molar-refractivity contribution in [1.29, 1.82) is 0 Å². The lowest BCUT2D eigenvalue weighted by Crippen LogP contribution is -2.33. The van der Waals surface area contributed by atoms with Crippen molar-refractivity contribution in [2.24, 2.45) is 5.73 Å². The normalized spacial score (nSPS) is 11.2. The Morgan fingerprint density at radius 1 is 0.532 bits per heavy atom. The monoisotopic (exact) mass is 1120 g/mol. The molecule has 29 heteroatoms. The van der Waals surface area contributed by atoms with E-state index < -0.39 is 59.6 Å². The van der Waals surface area contributed by atoms with E-state index in [0.717, 1.165) is 43.5 Å². The molecule has 6 rings (SSSR count). The number of carboxylic acids is 2. The van der Waals surface area contributed by atoms with Gasteiger partial charge >= 0.3 is 36.6 Å².